The monoisotopic (exact) mass is 250 g/mol. The van der Waals surface area contributed by atoms with Gasteiger partial charge in [-0.05, 0) is 19.9 Å². The fourth-order valence-corrected chi connectivity index (χ4v) is 1.86. The van der Waals surface area contributed by atoms with Gasteiger partial charge in [-0.15, -0.1) is 0 Å². The summed E-state index contributed by atoms with van der Waals surface area (Å²) in [5.41, 5.74) is -0.883. The number of hydrogen-bond acceptors (Lipinski definition) is 5. The van der Waals surface area contributed by atoms with Crippen molar-refractivity contribution in [3.05, 3.63) is 17.8 Å². The van der Waals surface area contributed by atoms with Crippen LogP contribution in [0.25, 0.3) is 0 Å². The molecule has 6 heteroatoms. The molecule has 1 aliphatic rings. The third-order valence-corrected chi connectivity index (χ3v) is 2.57. The summed E-state index contributed by atoms with van der Waals surface area (Å²) in [6.45, 7) is 3.18. The van der Waals surface area contributed by atoms with Crippen LogP contribution in [-0.4, -0.2) is 39.0 Å². The van der Waals surface area contributed by atoms with E-state index >= 15 is 0 Å². The van der Waals surface area contributed by atoms with Gasteiger partial charge in [-0.25, -0.2) is 4.98 Å². The summed E-state index contributed by atoms with van der Waals surface area (Å²) in [5.74, 6) is -0.700. The lowest BCUT2D eigenvalue weighted by Crippen LogP contribution is -2.46. The van der Waals surface area contributed by atoms with E-state index in [-0.39, 0.29) is 35.9 Å². The van der Waals surface area contributed by atoms with Crippen LogP contribution in [-0.2, 0) is 4.79 Å². The van der Waals surface area contributed by atoms with Gasteiger partial charge in [-0.2, -0.15) is 0 Å². The SMILES string of the molecule is CC(C)(O)CN1C(=O)CC(=O)c2cc(O)cnc21. The number of amides is 1. The Bertz CT molecular complexity index is 519. The first-order chi connectivity index (χ1) is 8.28. The molecule has 0 aliphatic carbocycles. The summed E-state index contributed by atoms with van der Waals surface area (Å²) < 4.78 is 0. The molecule has 0 radical (unpaired) electrons. The zero-order valence-corrected chi connectivity index (χ0v) is 10.2. The molecule has 0 fully saturated rings. The smallest absolute Gasteiger partial charge is 0.236 e. The quantitative estimate of drug-likeness (QED) is 0.745. The molecule has 1 aromatic heterocycles. The topological polar surface area (TPSA) is 90.7 Å². The van der Waals surface area contributed by atoms with E-state index in [2.05, 4.69) is 4.98 Å². The van der Waals surface area contributed by atoms with E-state index in [1.807, 2.05) is 0 Å². The highest BCUT2D eigenvalue weighted by molar-refractivity contribution is 6.19. The van der Waals surface area contributed by atoms with E-state index in [4.69, 9.17) is 0 Å². The van der Waals surface area contributed by atoms with Crippen molar-refractivity contribution >= 4 is 17.5 Å². The molecule has 96 valence electrons. The number of β-amino-alcohol motifs (C(OH)–C–C–N with tert-alkyl or cyclic N) is 1. The fraction of sp³-hybridized carbons (Fsp3) is 0.417. The summed E-state index contributed by atoms with van der Waals surface area (Å²) >= 11 is 0. The van der Waals surface area contributed by atoms with E-state index < -0.39 is 11.5 Å². The number of aliphatic hydroxyl groups is 1. The molecule has 18 heavy (non-hydrogen) atoms. The number of anilines is 1. The number of aromatic nitrogens is 1. The molecule has 0 bridgehead atoms. The largest absolute Gasteiger partial charge is 0.506 e. The first kappa shape index (κ1) is 12.5. The highest BCUT2D eigenvalue weighted by Gasteiger charge is 2.34. The molecule has 2 rings (SSSR count). The molecule has 2 heterocycles. The minimum atomic E-state index is -1.09. The van der Waals surface area contributed by atoms with Crippen molar-refractivity contribution in [3.8, 4) is 5.75 Å². The lowest BCUT2D eigenvalue weighted by Gasteiger charge is -2.31. The third kappa shape index (κ3) is 2.33. The first-order valence-corrected chi connectivity index (χ1v) is 5.53. The number of Topliss-reactive ketones (excluding diaryl/α,β-unsaturated/α-hetero) is 1. The second-order valence-corrected chi connectivity index (χ2v) is 4.96. The average Bonchev–Trinajstić information content (AvgIpc) is 2.23. The predicted molar refractivity (Wildman–Crippen MR) is 63.5 cm³/mol. The Morgan fingerprint density at radius 3 is 2.72 bits per heavy atom. The van der Waals surface area contributed by atoms with Crippen LogP contribution < -0.4 is 4.90 Å². The minimum Gasteiger partial charge on any atom is -0.506 e. The molecule has 1 aliphatic heterocycles. The zero-order chi connectivity index (χ0) is 13.5. The van der Waals surface area contributed by atoms with E-state index in [0.29, 0.717) is 0 Å². The van der Waals surface area contributed by atoms with E-state index in [1.54, 1.807) is 13.8 Å². The van der Waals surface area contributed by atoms with E-state index in [0.717, 1.165) is 0 Å². The van der Waals surface area contributed by atoms with Crippen molar-refractivity contribution in [1.82, 2.24) is 4.98 Å². The van der Waals surface area contributed by atoms with Gasteiger partial charge in [0.2, 0.25) is 5.91 Å². The first-order valence-electron chi connectivity index (χ1n) is 5.53. The number of rotatable bonds is 2. The summed E-state index contributed by atoms with van der Waals surface area (Å²) in [6.07, 6.45) is 0.899. The fourth-order valence-electron chi connectivity index (χ4n) is 1.86. The standard InChI is InChI=1S/C12H14N2O4/c1-12(2,18)6-14-10(17)4-9(16)8-3-7(15)5-13-11(8)14/h3,5,15,18H,4,6H2,1-2H3. The second kappa shape index (κ2) is 4.06. The number of nitrogens with zero attached hydrogens (tertiary/aromatic N) is 2. The van der Waals surface area contributed by atoms with Gasteiger partial charge in [0.1, 0.15) is 11.6 Å². The van der Waals surface area contributed by atoms with Crippen molar-refractivity contribution in [2.45, 2.75) is 25.9 Å². The highest BCUT2D eigenvalue weighted by Crippen LogP contribution is 2.29. The van der Waals surface area contributed by atoms with Crippen LogP contribution in [0.2, 0.25) is 0 Å². The van der Waals surface area contributed by atoms with Gasteiger partial charge in [0.15, 0.2) is 5.78 Å². The van der Waals surface area contributed by atoms with Gasteiger partial charge in [0.05, 0.1) is 30.3 Å². The molecule has 0 aromatic carbocycles. The van der Waals surface area contributed by atoms with Crippen LogP contribution in [0.1, 0.15) is 30.6 Å². The molecule has 0 spiro atoms. The summed E-state index contributed by atoms with van der Waals surface area (Å²) in [7, 11) is 0. The molecule has 0 saturated heterocycles. The van der Waals surface area contributed by atoms with Crippen molar-refractivity contribution in [2.75, 3.05) is 11.4 Å². The average molecular weight is 250 g/mol. The number of carbonyl (C=O) groups excluding carboxylic acids is 2. The second-order valence-electron chi connectivity index (χ2n) is 4.96. The number of pyridine rings is 1. The van der Waals surface area contributed by atoms with Crippen molar-refractivity contribution in [3.63, 3.8) is 0 Å². The number of carbonyl (C=O) groups is 2. The number of hydrogen-bond donors (Lipinski definition) is 2. The maximum Gasteiger partial charge on any atom is 0.236 e. The van der Waals surface area contributed by atoms with Crippen LogP contribution in [0.4, 0.5) is 5.82 Å². The number of fused-ring (bicyclic) bond motifs is 1. The van der Waals surface area contributed by atoms with Gasteiger partial charge >= 0.3 is 0 Å². The number of ketones is 1. The summed E-state index contributed by atoms with van der Waals surface area (Å²) in [6, 6.07) is 1.29. The Balaban J connectivity index is 2.47. The summed E-state index contributed by atoms with van der Waals surface area (Å²) in [5, 5.41) is 19.1. The van der Waals surface area contributed by atoms with Crippen LogP contribution in [0.15, 0.2) is 12.3 Å². The van der Waals surface area contributed by atoms with Crippen molar-refractivity contribution in [1.29, 1.82) is 0 Å². The van der Waals surface area contributed by atoms with Crippen LogP contribution in [0.3, 0.4) is 0 Å². The molecule has 0 atom stereocenters. The Morgan fingerprint density at radius 1 is 1.44 bits per heavy atom. The molecule has 1 aromatic rings. The van der Waals surface area contributed by atoms with E-state index in [9.17, 15) is 19.8 Å². The van der Waals surface area contributed by atoms with Gasteiger partial charge in [0, 0.05) is 0 Å². The molecule has 6 nitrogen and oxygen atoms in total. The Morgan fingerprint density at radius 2 is 2.11 bits per heavy atom. The lowest BCUT2D eigenvalue weighted by atomic mass is 10.0. The highest BCUT2D eigenvalue weighted by atomic mass is 16.3. The third-order valence-electron chi connectivity index (χ3n) is 2.57. The molecule has 2 N–H and O–H groups in total. The predicted octanol–water partition coefficient (Wildman–Crippen LogP) is 0.477. The maximum absolute atomic E-state index is 11.8. The molecular weight excluding hydrogens is 236 g/mol. The Hall–Kier alpha value is -1.95. The maximum atomic E-state index is 11.8. The normalized spacial score (nSPS) is 15.8. The minimum absolute atomic E-state index is 0.0455. The molecule has 0 unspecified atom stereocenters. The van der Waals surface area contributed by atoms with Crippen molar-refractivity contribution < 1.29 is 19.8 Å². The Kier molecular flexibility index (Phi) is 2.82. The molecule has 0 saturated carbocycles. The lowest BCUT2D eigenvalue weighted by molar-refractivity contribution is -0.118. The van der Waals surface area contributed by atoms with Gasteiger partial charge in [0.25, 0.3) is 0 Å². The van der Waals surface area contributed by atoms with Crippen LogP contribution >= 0.6 is 0 Å². The molecule has 1 amide bonds. The van der Waals surface area contributed by atoms with Crippen molar-refractivity contribution in [2.24, 2.45) is 0 Å². The van der Waals surface area contributed by atoms with E-state index in [1.165, 1.54) is 17.2 Å². The Labute approximate surface area is 104 Å². The van der Waals surface area contributed by atoms with Gasteiger partial charge in [-0.3, -0.25) is 14.5 Å². The van der Waals surface area contributed by atoms with Gasteiger partial charge < -0.3 is 10.2 Å². The summed E-state index contributed by atoms with van der Waals surface area (Å²) in [4.78, 5) is 28.7. The van der Waals surface area contributed by atoms with Gasteiger partial charge in [-0.1, -0.05) is 0 Å². The van der Waals surface area contributed by atoms with Crippen LogP contribution in [0, 0.1) is 0 Å². The zero-order valence-electron chi connectivity index (χ0n) is 10.2. The molecular formula is C12H14N2O4. The van der Waals surface area contributed by atoms with Crippen LogP contribution in [0.5, 0.6) is 5.75 Å². The number of aromatic hydroxyl groups is 1.